The van der Waals surface area contributed by atoms with Gasteiger partial charge in [-0.3, -0.25) is 0 Å². The Labute approximate surface area is 73.5 Å². The van der Waals surface area contributed by atoms with Crippen LogP contribution in [0.25, 0.3) is 0 Å². The molecule has 0 aliphatic heterocycles. The summed E-state index contributed by atoms with van der Waals surface area (Å²) in [6, 6.07) is 2.01. The van der Waals surface area contributed by atoms with E-state index in [0.29, 0.717) is 6.42 Å². The van der Waals surface area contributed by atoms with Crippen molar-refractivity contribution in [2.24, 2.45) is 5.73 Å². The van der Waals surface area contributed by atoms with E-state index in [9.17, 15) is 13.2 Å². The minimum atomic E-state index is -4.41. The topological polar surface area (TPSA) is 39.2 Å². The molecule has 1 unspecified atom stereocenters. The molecule has 0 fully saturated rings. The first kappa shape index (κ1) is 10.1. The molecular formula is C8H10F3NO. The molecule has 0 bridgehead atoms. The number of halogens is 3. The van der Waals surface area contributed by atoms with Crippen LogP contribution in [0.1, 0.15) is 18.4 Å². The van der Waals surface area contributed by atoms with Gasteiger partial charge in [-0.05, 0) is 19.1 Å². The van der Waals surface area contributed by atoms with E-state index in [0.717, 1.165) is 6.07 Å². The maximum absolute atomic E-state index is 12.0. The highest BCUT2D eigenvalue weighted by atomic mass is 19.4. The van der Waals surface area contributed by atoms with Gasteiger partial charge in [-0.25, -0.2) is 0 Å². The second kappa shape index (κ2) is 3.41. The molecule has 1 aromatic heterocycles. The molecule has 1 rings (SSSR count). The Morgan fingerprint density at radius 2 is 2.08 bits per heavy atom. The van der Waals surface area contributed by atoms with Gasteiger partial charge >= 0.3 is 6.18 Å². The standard InChI is InChI=1S/C8H10F3NO/c1-5(12)4-6-2-3-7(13-6)8(9,10)11/h2-3,5H,4,12H2,1H3. The van der Waals surface area contributed by atoms with Gasteiger partial charge in [0.2, 0.25) is 5.76 Å². The first-order chi connectivity index (χ1) is 5.89. The minimum absolute atomic E-state index is 0.202. The van der Waals surface area contributed by atoms with E-state index in [2.05, 4.69) is 4.42 Å². The van der Waals surface area contributed by atoms with Gasteiger partial charge in [-0.1, -0.05) is 0 Å². The van der Waals surface area contributed by atoms with Crippen LogP contribution in [-0.2, 0) is 12.6 Å². The third-order valence-corrected chi connectivity index (χ3v) is 1.46. The van der Waals surface area contributed by atoms with Gasteiger partial charge in [-0.15, -0.1) is 0 Å². The average Bonchev–Trinajstić information content (AvgIpc) is 2.32. The third-order valence-electron chi connectivity index (χ3n) is 1.46. The zero-order valence-electron chi connectivity index (χ0n) is 7.06. The highest BCUT2D eigenvalue weighted by Gasteiger charge is 2.34. The molecule has 74 valence electrons. The number of rotatable bonds is 2. The summed E-state index contributed by atoms with van der Waals surface area (Å²) >= 11 is 0. The van der Waals surface area contributed by atoms with Crippen molar-refractivity contribution in [3.8, 4) is 0 Å². The number of furan rings is 1. The molecule has 0 spiro atoms. The Balaban J connectivity index is 2.75. The molecule has 0 aliphatic rings. The molecule has 2 N–H and O–H groups in total. The van der Waals surface area contributed by atoms with Crippen LogP contribution in [0, 0.1) is 0 Å². The number of alkyl halides is 3. The van der Waals surface area contributed by atoms with Gasteiger partial charge in [0.25, 0.3) is 0 Å². The summed E-state index contributed by atoms with van der Waals surface area (Å²) in [7, 11) is 0. The van der Waals surface area contributed by atoms with E-state index in [1.165, 1.54) is 6.07 Å². The maximum Gasteiger partial charge on any atom is 0.449 e. The Hall–Kier alpha value is -0.970. The predicted octanol–water partition coefficient (Wildman–Crippen LogP) is 2.19. The van der Waals surface area contributed by atoms with Gasteiger partial charge in [0.15, 0.2) is 0 Å². The largest absolute Gasteiger partial charge is 0.456 e. The fraction of sp³-hybridized carbons (Fsp3) is 0.500. The van der Waals surface area contributed by atoms with Crippen LogP contribution in [0.15, 0.2) is 16.5 Å². The Bertz CT molecular complexity index is 277. The normalized spacial score (nSPS) is 14.5. The van der Waals surface area contributed by atoms with Crippen molar-refractivity contribution in [2.75, 3.05) is 0 Å². The van der Waals surface area contributed by atoms with Crippen molar-refractivity contribution in [3.63, 3.8) is 0 Å². The summed E-state index contributed by atoms with van der Waals surface area (Å²) in [5.74, 6) is -0.703. The second-order valence-electron chi connectivity index (χ2n) is 2.95. The smallest absolute Gasteiger partial charge is 0.449 e. The maximum atomic E-state index is 12.0. The summed E-state index contributed by atoms with van der Waals surface area (Å²) < 4.78 is 40.6. The van der Waals surface area contributed by atoms with Crippen LogP contribution in [-0.4, -0.2) is 6.04 Å². The molecule has 5 heteroatoms. The van der Waals surface area contributed by atoms with Gasteiger partial charge in [0, 0.05) is 12.5 Å². The Morgan fingerprint density at radius 3 is 2.46 bits per heavy atom. The van der Waals surface area contributed by atoms with E-state index < -0.39 is 11.9 Å². The fourth-order valence-electron chi connectivity index (χ4n) is 0.957. The third kappa shape index (κ3) is 2.77. The highest BCUT2D eigenvalue weighted by molar-refractivity contribution is 5.10. The van der Waals surface area contributed by atoms with Crippen molar-refractivity contribution >= 4 is 0 Å². The summed E-state index contributed by atoms with van der Waals surface area (Å²) in [4.78, 5) is 0. The van der Waals surface area contributed by atoms with Crippen molar-refractivity contribution in [3.05, 3.63) is 23.7 Å². The number of nitrogens with two attached hydrogens (primary N) is 1. The molecule has 0 saturated heterocycles. The molecule has 0 aromatic carbocycles. The molecule has 0 saturated carbocycles. The summed E-state index contributed by atoms with van der Waals surface area (Å²) in [5, 5.41) is 0. The van der Waals surface area contributed by atoms with E-state index in [-0.39, 0.29) is 11.8 Å². The summed E-state index contributed by atoms with van der Waals surface area (Å²) in [6.07, 6.45) is -4.09. The monoisotopic (exact) mass is 193 g/mol. The van der Waals surface area contributed by atoms with Crippen LogP contribution in [0.4, 0.5) is 13.2 Å². The molecule has 1 atom stereocenters. The quantitative estimate of drug-likeness (QED) is 0.781. The van der Waals surface area contributed by atoms with Crippen molar-refractivity contribution in [2.45, 2.75) is 25.6 Å². The van der Waals surface area contributed by atoms with Gasteiger partial charge in [-0.2, -0.15) is 13.2 Å². The molecular weight excluding hydrogens is 183 g/mol. The Kier molecular flexibility index (Phi) is 2.66. The van der Waals surface area contributed by atoms with Gasteiger partial charge in [0.05, 0.1) is 0 Å². The molecule has 0 radical (unpaired) electrons. The number of hydrogen-bond acceptors (Lipinski definition) is 2. The Morgan fingerprint density at radius 1 is 1.46 bits per heavy atom. The van der Waals surface area contributed by atoms with Crippen LogP contribution in [0.3, 0.4) is 0 Å². The lowest BCUT2D eigenvalue weighted by atomic mass is 10.2. The van der Waals surface area contributed by atoms with E-state index in [1.54, 1.807) is 6.92 Å². The SMILES string of the molecule is CC(N)Cc1ccc(C(F)(F)F)o1. The van der Waals surface area contributed by atoms with Crippen molar-refractivity contribution in [1.29, 1.82) is 0 Å². The van der Waals surface area contributed by atoms with Crippen LogP contribution < -0.4 is 5.73 Å². The van der Waals surface area contributed by atoms with Crippen LogP contribution >= 0.6 is 0 Å². The summed E-state index contributed by atoms with van der Waals surface area (Å²) in [6.45, 7) is 1.70. The zero-order valence-corrected chi connectivity index (χ0v) is 7.06. The molecule has 13 heavy (non-hydrogen) atoms. The molecule has 2 nitrogen and oxygen atoms in total. The minimum Gasteiger partial charge on any atom is -0.456 e. The molecule has 1 heterocycles. The lowest BCUT2D eigenvalue weighted by molar-refractivity contribution is -0.153. The zero-order chi connectivity index (χ0) is 10.1. The van der Waals surface area contributed by atoms with E-state index in [4.69, 9.17) is 5.73 Å². The molecule has 1 aromatic rings. The number of hydrogen-bond donors (Lipinski definition) is 1. The molecule has 0 amide bonds. The van der Waals surface area contributed by atoms with E-state index >= 15 is 0 Å². The van der Waals surface area contributed by atoms with Crippen molar-refractivity contribution in [1.82, 2.24) is 0 Å². The predicted molar refractivity (Wildman–Crippen MR) is 41.1 cm³/mol. The first-order valence-electron chi connectivity index (χ1n) is 3.81. The fourth-order valence-corrected chi connectivity index (χ4v) is 0.957. The van der Waals surface area contributed by atoms with E-state index in [1.807, 2.05) is 0 Å². The van der Waals surface area contributed by atoms with Crippen LogP contribution in [0.5, 0.6) is 0 Å². The van der Waals surface area contributed by atoms with Crippen LogP contribution in [0.2, 0.25) is 0 Å². The highest BCUT2D eigenvalue weighted by Crippen LogP contribution is 2.30. The van der Waals surface area contributed by atoms with Gasteiger partial charge < -0.3 is 10.2 Å². The van der Waals surface area contributed by atoms with Gasteiger partial charge in [0.1, 0.15) is 5.76 Å². The summed E-state index contributed by atoms with van der Waals surface area (Å²) in [5.41, 5.74) is 5.40. The van der Waals surface area contributed by atoms with Crippen molar-refractivity contribution < 1.29 is 17.6 Å². The molecule has 0 aliphatic carbocycles. The average molecular weight is 193 g/mol. The lowest BCUT2D eigenvalue weighted by Crippen LogP contribution is -2.17. The second-order valence-corrected chi connectivity index (χ2v) is 2.95. The first-order valence-corrected chi connectivity index (χ1v) is 3.81. The lowest BCUT2D eigenvalue weighted by Gasteiger charge is -2.02.